The first-order chi connectivity index (χ1) is 6.38. The van der Waals surface area contributed by atoms with Crippen LogP contribution < -0.4 is 0 Å². The topological polar surface area (TPSA) is 43.7 Å². The molecule has 0 heterocycles. The first-order valence-electron chi connectivity index (χ1n) is 5.37. The van der Waals surface area contributed by atoms with Crippen molar-refractivity contribution >= 4 is 0 Å². The smallest absolute Gasteiger partial charge is 0.0662 e. The first kappa shape index (κ1) is 16.3. The van der Waals surface area contributed by atoms with Crippen molar-refractivity contribution in [1.82, 2.24) is 4.90 Å². The van der Waals surface area contributed by atoms with Crippen molar-refractivity contribution in [3.63, 3.8) is 0 Å². The molecular formula is C11H27NO2. The molecule has 14 heavy (non-hydrogen) atoms. The van der Waals surface area contributed by atoms with Crippen LogP contribution in [0.5, 0.6) is 0 Å². The average Bonchev–Trinajstić information content (AvgIpc) is 2.02. The third kappa shape index (κ3) is 8.48. The lowest BCUT2D eigenvalue weighted by Gasteiger charge is -2.34. The molecule has 0 aromatic rings. The van der Waals surface area contributed by atoms with Crippen LogP contribution in [0.25, 0.3) is 0 Å². The van der Waals surface area contributed by atoms with Crippen molar-refractivity contribution in [2.75, 3.05) is 13.2 Å². The molecular weight excluding hydrogens is 178 g/mol. The molecule has 0 unspecified atom stereocenters. The molecule has 0 saturated carbocycles. The normalized spacial score (nSPS) is 11.1. The zero-order valence-corrected chi connectivity index (χ0v) is 10.5. The molecule has 0 fully saturated rings. The highest BCUT2D eigenvalue weighted by Crippen LogP contribution is 2.08. The Morgan fingerprint density at radius 3 is 0.929 bits per heavy atom. The summed E-state index contributed by atoms with van der Waals surface area (Å²) >= 11 is 0. The standard InChI is InChI=1S/C9H21N.C2H6O2/c1-7(2)10(8(3)4)9(5)6;3-1-2-4/h7-9H,1-6H3;3-4H,1-2H2. The summed E-state index contributed by atoms with van der Waals surface area (Å²) in [5.74, 6) is 0. The Morgan fingerprint density at radius 1 is 0.714 bits per heavy atom. The van der Waals surface area contributed by atoms with Gasteiger partial charge in [0.1, 0.15) is 0 Å². The van der Waals surface area contributed by atoms with Crippen molar-refractivity contribution in [3.05, 3.63) is 0 Å². The maximum absolute atomic E-state index is 7.62. The van der Waals surface area contributed by atoms with E-state index in [9.17, 15) is 0 Å². The molecule has 0 rings (SSSR count). The molecule has 0 aliphatic heterocycles. The van der Waals surface area contributed by atoms with Crippen LogP contribution in [0.15, 0.2) is 0 Å². The quantitative estimate of drug-likeness (QED) is 0.730. The zero-order valence-electron chi connectivity index (χ0n) is 10.5. The molecule has 0 saturated heterocycles. The van der Waals surface area contributed by atoms with Crippen LogP contribution in [0.2, 0.25) is 0 Å². The minimum Gasteiger partial charge on any atom is -0.394 e. The highest BCUT2D eigenvalue weighted by molar-refractivity contribution is 4.70. The predicted molar refractivity (Wildman–Crippen MR) is 61.4 cm³/mol. The van der Waals surface area contributed by atoms with Crippen molar-refractivity contribution in [2.45, 2.75) is 59.7 Å². The van der Waals surface area contributed by atoms with E-state index in [1.165, 1.54) is 0 Å². The van der Waals surface area contributed by atoms with E-state index in [4.69, 9.17) is 10.2 Å². The molecule has 0 aromatic heterocycles. The third-order valence-electron chi connectivity index (χ3n) is 1.89. The number of rotatable bonds is 4. The number of nitrogens with zero attached hydrogens (tertiary/aromatic N) is 1. The van der Waals surface area contributed by atoms with Gasteiger partial charge in [0.2, 0.25) is 0 Å². The van der Waals surface area contributed by atoms with Crippen molar-refractivity contribution < 1.29 is 10.2 Å². The molecule has 0 atom stereocenters. The van der Waals surface area contributed by atoms with Gasteiger partial charge in [0.25, 0.3) is 0 Å². The van der Waals surface area contributed by atoms with Gasteiger partial charge in [-0.25, -0.2) is 0 Å². The van der Waals surface area contributed by atoms with Crippen LogP contribution in [0.4, 0.5) is 0 Å². The summed E-state index contributed by atoms with van der Waals surface area (Å²) in [7, 11) is 0. The van der Waals surface area contributed by atoms with Crippen molar-refractivity contribution in [3.8, 4) is 0 Å². The maximum Gasteiger partial charge on any atom is 0.0662 e. The van der Waals surface area contributed by atoms with Crippen molar-refractivity contribution in [1.29, 1.82) is 0 Å². The Hall–Kier alpha value is -0.120. The highest BCUT2D eigenvalue weighted by Gasteiger charge is 2.15. The average molecular weight is 205 g/mol. The van der Waals surface area contributed by atoms with Gasteiger partial charge in [0, 0.05) is 18.1 Å². The molecule has 3 heteroatoms. The summed E-state index contributed by atoms with van der Waals surface area (Å²) in [6.07, 6.45) is 0. The molecule has 2 N–H and O–H groups in total. The molecule has 88 valence electrons. The molecule has 0 aliphatic rings. The summed E-state index contributed by atoms with van der Waals surface area (Å²) in [4.78, 5) is 2.50. The lowest BCUT2D eigenvalue weighted by atomic mass is 10.2. The fourth-order valence-corrected chi connectivity index (χ4v) is 1.79. The van der Waals surface area contributed by atoms with Gasteiger partial charge in [-0.05, 0) is 41.5 Å². The van der Waals surface area contributed by atoms with E-state index in [1.54, 1.807) is 0 Å². The van der Waals surface area contributed by atoms with Crippen LogP contribution >= 0.6 is 0 Å². The van der Waals surface area contributed by atoms with E-state index >= 15 is 0 Å². The SMILES string of the molecule is CC(C)N(C(C)C)C(C)C.OCCO. The summed E-state index contributed by atoms with van der Waals surface area (Å²) in [6.45, 7) is 13.2. The third-order valence-corrected chi connectivity index (χ3v) is 1.89. The second-order valence-electron chi connectivity index (χ2n) is 4.18. The zero-order chi connectivity index (χ0) is 11.7. The molecule has 0 spiro atoms. The van der Waals surface area contributed by atoms with E-state index in [-0.39, 0.29) is 13.2 Å². The second kappa shape index (κ2) is 9.44. The molecule has 3 nitrogen and oxygen atoms in total. The maximum atomic E-state index is 7.62. The summed E-state index contributed by atoms with van der Waals surface area (Å²) in [6, 6.07) is 2.00. The number of aliphatic hydroxyl groups excluding tert-OH is 2. The molecule has 0 amide bonds. The largest absolute Gasteiger partial charge is 0.394 e. The van der Waals surface area contributed by atoms with E-state index < -0.39 is 0 Å². The van der Waals surface area contributed by atoms with Gasteiger partial charge in [0.05, 0.1) is 13.2 Å². The molecule has 0 radical (unpaired) electrons. The summed E-state index contributed by atoms with van der Waals surface area (Å²) in [5, 5.41) is 15.2. The molecule has 0 aromatic carbocycles. The monoisotopic (exact) mass is 205 g/mol. The van der Waals surface area contributed by atoms with E-state index in [0.717, 1.165) is 0 Å². The Labute approximate surface area is 88.7 Å². The van der Waals surface area contributed by atoms with Crippen LogP contribution in [-0.4, -0.2) is 46.5 Å². The Balaban J connectivity index is 0. The van der Waals surface area contributed by atoms with Gasteiger partial charge in [-0.1, -0.05) is 0 Å². The predicted octanol–water partition coefficient (Wildman–Crippen LogP) is 1.48. The van der Waals surface area contributed by atoms with Gasteiger partial charge in [-0.3, -0.25) is 4.90 Å². The Kier molecular flexibility index (Phi) is 11.0. The Bertz CT molecular complexity index is 92.8. The van der Waals surface area contributed by atoms with Gasteiger partial charge in [-0.2, -0.15) is 0 Å². The van der Waals surface area contributed by atoms with E-state index in [1.807, 2.05) is 0 Å². The van der Waals surface area contributed by atoms with Gasteiger partial charge in [0.15, 0.2) is 0 Å². The van der Waals surface area contributed by atoms with Gasteiger partial charge < -0.3 is 10.2 Å². The van der Waals surface area contributed by atoms with Gasteiger partial charge in [-0.15, -0.1) is 0 Å². The molecule has 0 aliphatic carbocycles. The Morgan fingerprint density at radius 2 is 0.929 bits per heavy atom. The van der Waals surface area contributed by atoms with Crippen LogP contribution in [0.3, 0.4) is 0 Å². The number of hydrogen-bond acceptors (Lipinski definition) is 3. The summed E-state index contributed by atoms with van der Waals surface area (Å²) in [5.41, 5.74) is 0. The summed E-state index contributed by atoms with van der Waals surface area (Å²) < 4.78 is 0. The van der Waals surface area contributed by atoms with E-state index in [0.29, 0.717) is 18.1 Å². The second-order valence-corrected chi connectivity index (χ2v) is 4.18. The minimum absolute atomic E-state index is 0.125. The lowest BCUT2D eigenvalue weighted by molar-refractivity contribution is 0.133. The fraction of sp³-hybridized carbons (Fsp3) is 1.00. The van der Waals surface area contributed by atoms with Crippen molar-refractivity contribution in [2.24, 2.45) is 0 Å². The van der Waals surface area contributed by atoms with Crippen LogP contribution in [-0.2, 0) is 0 Å². The van der Waals surface area contributed by atoms with Crippen LogP contribution in [0.1, 0.15) is 41.5 Å². The first-order valence-corrected chi connectivity index (χ1v) is 5.37. The number of hydrogen-bond donors (Lipinski definition) is 2. The van der Waals surface area contributed by atoms with E-state index in [2.05, 4.69) is 46.4 Å². The minimum atomic E-state index is -0.125. The van der Waals surface area contributed by atoms with Crippen LogP contribution in [0, 0.1) is 0 Å². The highest BCUT2D eigenvalue weighted by atomic mass is 16.3. The molecule has 0 bridgehead atoms. The lowest BCUT2D eigenvalue weighted by Crippen LogP contribution is -2.42. The number of aliphatic hydroxyl groups is 2. The fourth-order valence-electron chi connectivity index (χ4n) is 1.79. The van der Waals surface area contributed by atoms with Gasteiger partial charge >= 0.3 is 0 Å².